The molecule has 0 aliphatic carbocycles. The molecular weight excluding hydrogens is 259 g/mol. The first kappa shape index (κ1) is 14.3. The molecule has 0 saturated carbocycles. The van der Waals surface area contributed by atoms with Crippen molar-refractivity contribution in [2.75, 3.05) is 6.54 Å². The van der Waals surface area contributed by atoms with Crippen LogP contribution in [0.2, 0.25) is 10.3 Å². The van der Waals surface area contributed by atoms with Gasteiger partial charge in [-0.1, -0.05) is 44.0 Å². The number of hydrogen-bond donors (Lipinski definition) is 1. The van der Waals surface area contributed by atoms with Crippen LogP contribution in [0.3, 0.4) is 0 Å². The van der Waals surface area contributed by atoms with Gasteiger partial charge in [-0.3, -0.25) is 4.79 Å². The van der Waals surface area contributed by atoms with Crippen LogP contribution < -0.4 is 5.32 Å². The lowest BCUT2D eigenvalue weighted by molar-refractivity contribution is 0.0935. The zero-order chi connectivity index (χ0) is 13.1. The van der Waals surface area contributed by atoms with Crippen molar-refractivity contribution in [1.29, 1.82) is 0 Å². The number of carbonyl (C=O) groups is 1. The van der Waals surface area contributed by atoms with Crippen molar-refractivity contribution in [3.8, 4) is 0 Å². The largest absolute Gasteiger partial charge is 0.351 e. The average molecular weight is 275 g/mol. The summed E-state index contributed by atoms with van der Waals surface area (Å²) in [6.45, 7) is 6.87. The second-order valence-electron chi connectivity index (χ2n) is 4.67. The van der Waals surface area contributed by atoms with E-state index in [4.69, 9.17) is 23.2 Å². The minimum Gasteiger partial charge on any atom is -0.351 e. The van der Waals surface area contributed by atoms with E-state index in [2.05, 4.69) is 31.1 Å². The molecule has 94 valence electrons. The van der Waals surface area contributed by atoms with Crippen LogP contribution in [0.1, 0.15) is 37.6 Å². The van der Waals surface area contributed by atoms with E-state index in [-0.39, 0.29) is 21.6 Å². The summed E-state index contributed by atoms with van der Waals surface area (Å²) in [6, 6.07) is 3.12. The Morgan fingerprint density at radius 1 is 1.41 bits per heavy atom. The van der Waals surface area contributed by atoms with Crippen molar-refractivity contribution in [1.82, 2.24) is 10.3 Å². The lowest BCUT2D eigenvalue weighted by atomic mass is 9.90. The molecule has 1 N–H and O–H groups in total. The maximum atomic E-state index is 11.9. The molecule has 0 atom stereocenters. The van der Waals surface area contributed by atoms with Crippen LogP contribution in [-0.4, -0.2) is 17.4 Å². The Bertz CT molecular complexity index is 419. The smallest absolute Gasteiger partial charge is 0.254 e. The number of rotatable bonds is 4. The van der Waals surface area contributed by atoms with E-state index in [1.807, 2.05) is 0 Å². The molecule has 0 aliphatic heterocycles. The van der Waals surface area contributed by atoms with Gasteiger partial charge in [0.2, 0.25) is 0 Å². The highest BCUT2D eigenvalue weighted by molar-refractivity contribution is 6.34. The minimum absolute atomic E-state index is 0.0714. The number of amides is 1. The molecule has 0 aliphatic rings. The van der Waals surface area contributed by atoms with Gasteiger partial charge in [0.25, 0.3) is 5.91 Å². The van der Waals surface area contributed by atoms with Gasteiger partial charge in [0, 0.05) is 6.54 Å². The molecule has 1 aromatic rings. The third kappa shape index (κ3) is 4.17. The molecule has 0 fully saturated rings. The fourth-order valence-corrected chi connectivity index (χ4v) is 1.55. The number of carbonyl (C=O) groups excluding carboxylic acids is 1. The lowest BCUT2D eigenvalue weighted by Gasteiger charge is -2.22. The molecule has 0 spiro atoms. The first-order valence-electron chi connectivity index (χ1n) is 5.46. The molecule has 1 amide bonds. The summed E-state index contributed by atoms with van der Waals surface area (Å²) in [5, 5.41) is 3.25. The topological polar surface area (TPSA) is 42.0 Å². The van der Waals surface area contributed by atoms with Crippen molar-refractivity contribution in [3.05, 3.63) is 28.0 Å². The molecular formula is C12H16Cl2N2O. The van der Waals surface area contributed by atoms with Crippen molar-refractivity contribution in [3.63, 3.8) is 0 Å². The van der Waals surface area contributed by atoms with Gasteiger partial charge in [0.1, 0.15) is 10.3 Å². The summed E-state index contributed by atoms with van der Waals surface area (Å²) in [7, 11) is 0. The molecule has 5 heteroatoms. The van der Waals surface area contributed by atoms with Crippen LogP contribution >= 0.6 is 23.2 Å². The van der Waals surface area contributed by atoms with E-state index in [1.54, 1.807) is 12.1 Å². The van der Waals surface area contributed by atoms with E-state index >= 15 is 0 Å². The van der Waals surface area contributed by atoms with Gasteiger partial charge >= 0.3 is 0 Å². The molecule has 17 heavy (non-hydrogen) atoms. The van der Waals surface area contributed by atoms with Gasteiger partial charge in [-0.2, -0.15) is 0 Å². The second kappa shape index (κ2) is 5.69. The van der Waals surface area contributed by atoms with Gasteiger partial charge in [0.15, 0.2) is 0 Å². The highest BCUT2D eigenvalue weighted by Gasteiger charge is 2.18. The predicted molar refractivity (Wildman–Crippen MR) is 70.7 cm³/mol. The van der Waals surface area contributed by atoms with E-state index in [1.165, 1.54) is 0 Å². The number of nitrogens with one attached hydrogen (secondary N) is 1. The first-order chi connectivity index (χ1) is 7.85. The third-order valence-corrected chi connectivity index (χ3v) is 3.24. The molecule has 1 aromatic heterocycles. The van der Waals surface area contributed by atoms with E-state index in [0.717, 1.165) is 6.42 Å². The molecule has 1 heterocycles. The Kier molecular flexibility index (Phi) is 4.78. The molecule has 1 rings (SSSR count). The van der Waals surface area contributed by atoms with Gasteiger partial charge in [-0.25, -0.2) is 4.98 Å². The van der Waals surface area contributed by atoms with Crippen LogP contribution in [0.4, 0.5) is 0 Å². The number of pyridine rings is 1. The molecule has 0 aromatic carbocycles. The molecule has 3 nitrogen and oxygen atoms in total. The summed E-state index contributed by atoms with van der Waals surface area (Å²) >= 11 is 11.5. The molecule has 0 saturated heterocycles. The summed E-state index contributed by atoms with van der Waals surface area (Å²) in [4.78, 5) is 15.7. The van der Waals surface area contributed by atoms with E-state index in [0.29, 0.717) is 12.1 Å². The number of hydrogen-bond acceptors (Lipinski definition) is 2. The van der Waals surface area contributed by atoms with Crippen LogP contribution in [0.15, 0.2) is 12.1 Å². The predicted octanol–water partition coefficient (Wildman–Crippen LogP) is 3.55. The standard InChI is InChI=1S/C12H16Cl2N2O/c1-4-12(2,3)7-15-11(17)8-5-6-9(13)16-10(8)14/h5-6H,4,7H2,1-3H3,(H,15,17). The summed E-state index contributed by atoms with van der Waals surface area (Å²) in [6.07, 6.45) is 0.986. The van der Waals surface area contributed by atoms with Crippen molar-refractivity contribution >= 4 is 29.1 Å². The normalized spacial score (nSPS) is 11.4. The third-order valence-electron chi connectivity index (χ3n) is 2.74. The van der Waals surface area contributed by atoms with Crippen LogP contribution in [0.5, 0.6) is 0 Å². The first-order valence-corrected chi connectivity index (χ1v) is 6.21. The van der Waals surface area contributed by atoms with Gasteiger partial charge in [-0.05, 0) is 24.0 Å². The SMILES string of the molecule is CCC(C)(C)CNC(=O)c1ccc(Cl)nc1Cl. The van der Waals surface area contributed by atoms with Gasteiger partial charge in [-0.15, -0.1) is 0 Å². The maximum Gasteiger partial charge on any atom is 0.254 e. The highest BCUT2D eigenvalue weighted by Crippen LogP contribution is 2.19. The quantitative estimate of drug-likeness (QED) is 0.854. The molecule has 0 radical (unpaired) electrons. The van der Waals surface area contributed by atoms with E-state index in [9.17, 15) is 4.79 Å². The molecule has 0 bridgehead atoms. The highest BCUT2D eigenvalue weighted by atomic mass is 35.5. The van der Waals surface area contributed by atoms with Crippen LogP contribution in [-0.2, 0) is 0 Å². The number of nitrogens with zero attached hydrogens (tertiary/aromatic N) is 1. The Morgan fingerprint density at radius 3 is 2.59 bits per heavy atom. The lowest BCUT2D eigenvalue weighted by Crippen LogP contribution is -2.33. The van der Waals surface area contributed by atoms with Crippen molar-refractivity contribution in [2.24, 2.45) is 5.41 Å². The van der Waals surface area contributed by atoms with E-state index < -0.39 is 0 Å². The minimum atomic E-state index is -0.222. The fourth-order valence-electron chi connectivity index (χ4n) is 1.12. The Balaban J connectivity index is 2.71. The fraction of sp³-hybridized carbons (Fsp3) is 0.500. The Morgan fingerprint density at radius 2 is 2.06 bits per heavy atom. The van der Waals surface area contributed by atoms with Gasteiger partial charge in [0.05, 0.1) is 5.56 Å². The second-order valence-corrected chi connectivity index (χ2v) is 5.42. The molecule has 0 unspecified atom stereocenters. The Hall–Kier alpha value is -0.800. The Labute approximate surface area is 112 Å². The summed E-state index contributed by atoms with van der Waals surface area (Å²) < 4.78 is 0. The number of aromatic nitrogens is 1. The summed E-state index contributed by atoms with van der Waals surface area (Å²) in [5.41, 5.74) is 0.421. The van der Waals surface area contributed by atoms with Crippen LogP contribution in [0.25, 0.3) is 0 Å². The number of halogens is 2. The van der Waals surface area contributed by atoms with Crippen molar-refractivity contribution in [2.45, 2.75) is 27.2 Å². The summed E-state index contributed by atoms with van der Waals surface area (Å²) in [5.74, 6) is -0.222. The average Bonchev–Trinajstić information content (AvgIpc) is 2.26. The zero-order valence-electron chi connectivity index (χ0n) is 10.2. The van der Waals surface area contributed by atoms with Gasteiger partial charge < -0.3 is 5.32 Å². The van der Waals surface area contributed by atoms with Crippen LogP contribution in [0, 0.1) is 5.41 Å². The maximum absolute atomic E-state index is 11.9. The zero-order valence-corrected chi connectivity index (χ0v) is 11.7. The van der Waals surface area contributed by atoms with Crippen molar-refractivity contribution < 1.29 is 4.79 Å². The monoisotopic (exact) mass is 274 g/mol.